The third-order valence-electron chi connectivity index (χ3n) is 2.51. The van der Waals surface area contributed by atoms with Crippen molar-refractivity contribution in [3.05, 3.63) is 23.9 Å². The Morgan fingerprint density at radius 1 is 1.45 bits per heavy atom. The number of hydrogen-bond acceptors (Lipinski definition) is 4. The van der Waals surface area contributed by atoms with Crippen molar-refractivity contribution in [1.29, 1.82) is 0 Å². The number of nitrogens with one attached hydrogen (secondary N) is 2. The van der Waals surface area contributed by atoms with Gasteiger partial charge in [0.1, 0.15) is 6.61 Å². The van der Waals surface area contributed by atoms with E-state index in [0.717, 1.165) is 18.1 Å². The molecule has 0 aliphatic heterocycles. The Bertz CT molecular complexity index is 412. The second-order valence-corrected chi connectivity index (χ2v) is 4.33. The first-order chi connectivity index (χ1) is 9.15. The molecule has 0 fully saturated rings. The van der Waals surface area contributed by atoms with E-state index >= 15 is 0 Å². The molecule has 1 heterocycles. The highest BCUT2D eigenvalue weighted by Gasteiger charge is 2.00. The van der Waals surface area contributed by atoms with Crippen LogP contribution in [-0.2, 0) is 6.54 Å². The number of aliphatic imine (C=N–C) groups is 1. The SMILES string of the molecule is CN=C(NC)NCc1ccnc(OCCN(C)C)c1.I. The fourth-order valence-electron chi connectivity index (χ4n) is 1.44. The lowest BCUT2D eigenvalue weighted by atomic mass is 10.2. The molecule has 1 rings (SSSR count). The lowest BCUT2D eigenvalue weighted by Crippen LogP contribution is -2.34. The van der Waals surface area contributed by atoms with Crippen molar-refractivity contribution < 1.29 is 4.74 Å². The van der Waals surface area contributed by atoms with Gasteiger partial charge in [0, 0.05) is 39.4 Å². The van der Waals surface area contributed by atoms with Gasteiger partial charge in [-0.15, -0.1) is 24.0 Å². The van der Waals surface area contributed by atoms with E-state index in [4.69, 9.17) is 4.74 Å². The summed E-state index contributed by atoms with van der Waals surface area (Å²) in [7, 11) is 7.60. The minimum Gasteiger partial charge on any atom is -0.476 e. The van der Waals surface area contributed by atoms with Crippen LogP contribution in [0.15, 0.2) is 23.3 Å². The molecule has 0 bridgehead atoms. The first kappa shape index (κ1) is 18.9. The molecule has 0 atom stereocenters. The fourth-order valence-corrected chi connectivity index (χ4v) is 1.44. The summed E-state index contributed by atoms with van der Waals surface area (Å²) in [6.07, 6.45) is 1.75. The first-order valence-electron chi connectivity index (χ1n) is 6.26. The van der Waals surface area contributed by atoms with Gasteiger partial charge >= 0.3 is 0 Å². The molecule has 7 heteroatoms. The average Bonchev–Trinajstić information content (AvgIpc) is 2.40. The summed E-state index contributed by atoms with van der Waals surface area (Å²) < 4.78 is 5.59. The molecule has 0 aliphatic carbocycles. The van der Waals surface area contributed by atoms with Gasteiger partial charge in [0.15, 0.2) is 5.96 Å². The topological polar surface area (TPSA) is 61.8 Å². The highest BCUT2D eigenvalue weighted by atomic mass is 127. The summed E-state index contributed by atoms with van der Waals surface area (Å²) in [5.74, 6) is 1.41. The van der Waals surface area contributed by atoms with Crippen molar-refractivity contribution in [2.75, 3.05) is 41.3 Å². The second kappa shape index (κ2) is 10.7. The Kier molecular flexibility index (Phi) is 10.1. The number of halogens is 1. The van der Waals surface area contributed by atoms with Gasteiger partial charge in [-0.2, -0.15) is 0 Å². The number of ether oxygens (including phenoxy) is 1. The maximum atomic E-state index is 5.59. The zero-order chi connectivity index (χ0) is 14.1. The summed E-state index contributed by atoms with van der Waals surface area (Å²) in [4.78, 5) is 10.3. The molecule has 0 aromatic carbocycles. The fraction of sp³-hybridized carbons (Fsp3) is 0.538. The summed E-state index contributed by atoms with van der Waals surface area (Å²) in [5.41, 5.74) is 1.10. The molecule has 0 saturated carbocycles. The van der Waals surface area contributed by atoms with Gasteiger partial charge < -0.3 is 20.3 Å². The van der Waals surface area contributed by atoms with Gasteiger partial charge in [0.05, 0.1) is 0 Å². The van der Waals surface area contributed by atoms with Crippen LogP contribution < -0.4 is 15.4 Å². The van der Waals surface area contributed by atoms with E-state index in [9.17, 15) is 0 Å². The molecule has 0 radical (unpaired) electrons. The summed E-state index contributed by atoms with van der Waals surface area (Å²) in [6.45, 7) is 2.19. The van der Waals surface area contributed by atoms with Crippen LogP contribution >= 0.6 is 24.0 Å². The van der Waals surface area contributed by atoms with Crippen molar-refractivity contribution in [1.82, 2.24) is 20.5 Å². The Balaban J connectivity index is 0.00000361. The molecule has 1 aromatic rings. The minimum atomic E-state index is 0. The van der Waals surface area contributed by atoms with Crippen LogP contribution in [0.3, 0.4) is 0 Å². The molecule has 1 aromatic heterocycles. The maximum absolute atomic E-state index is 5.59. The quantitative estimate of drug-likeness (QED) is 0.428. The third-order valence-corrected chi connectivity index (χ3v) is 2.51. The predicted molar refractivity (Wildman–Crippen MR) is 93.0 cm³/mol. The predicted octanol–water partition coefficient (Wildman–Crippen LogP) is 0.935. The summed E-state index contributed by atoms with van der Waals surface area (Å²) in [5, 5.41) is 6.15. The van der Waals surface area contributed by atoms with E-state index in [-0.39, 0.29) is 24.0 Å². The molecule has 20 heavy (non-hydrogen) atoms. The first-order valence-corrected chi connectivity index (χ1v) is 6.26. The van der Waals surface area contributed by atoms with Gasteiger partial charge in [-0.25, -0.2) is 4.98 Å². The standard InChI is InChI=1S/C13H23N5O.HI/c1-14-13(15-2)17-10-11-5-6-16-12(9-11)19-8-7-18(3)4;/h5-6,9H,7-8,10H2,1-4H3,(H2,14,15,17);1H. The molecular weight excluding hydrogens is 369 g/mol. The molecular formula is C13H24IN5O. The average molecular weight is 393 g/mol. The van der Waals surface area contributed by atoms with Crippen LogP contribution in [0.2, 0.25) is 0 Å². The molecule has 0 amide bonds. The van der Waals surface area contributed by atoms with E-state index in [2.05, 4.69) is 25.5 Å². The second-order valence-electron chi connectivity index (χ2n) is 4.33. The van der Waals surface area contributed by atoms with Crippen LogP contribution in [0.4, 0.5) is 0 Å². The van der Waals surface area contributed by atoms with Gasteiger partial charge in [0.2, 0.25) is 5.88 Å². The molecule has 0 aliphatic rings. The molecule has 2 N–H and O–H groups in total. The van der Waals surface area contributed by atoms with Crippen molar-refractivity contribution in [3.63, 3.8) is 0 Å². The number of likely N-dealkylation sites (N-methyl/N-ethyl adjacent to an activating group) is 1. The maximum Gasteiger partial charge on any atom is 0.213 e. The normalized spacial score (nSPS) is 10.9. The van der Waals surface area contributed by atoms with E-state index in [1.54, 1.807) is 13.2 Å². The number of guanidine groups is 1. The van der Waals surface area contributed by atoms with Gasteiger partial charge in [0.25, 0.3) is 0 Å². The lowest BCUT2D eigenvalue weighted by Gasteiger charge is -2.12. The van der Waals surface area contributed by atoms with Crippen LogP contribution in [0.25, 0.3) is 0 Å². The minimum absolute atomic E-state index is 0. The number of rotatable bonds is 6. The molecule has 0 saturated heterocycles. The molecule has 6 nitrogen and oxygen atoms in total. The third kappa shape index (κ3) is 7.49. The number of hydrogen-bond donors (Lipinski definition) is 2. The number of aromatic nitrogens is 1. The van der Waals surface area contributed by atoms with E-state index in [0.29, 0.717) is 19.0 Å². The van der Waals surface area contributed by atoms with Crippen LogP contribution in [-0.4, -0.2) is 57.2 Å². The monoisotopic (exact) mass is 393 g/mol. The zero-order valence-electron chi connectivity index (χ0n) is 12.5. The van der Waals surface area contributed by atoms with Crippen molar-refractivity contribution in [2.24, 2.45) is 4.99 Å². The van der Waals surface area contributed by atoms with E-state index < -0.39 is 0 Å². The molecule has 0 spiro atoms. The molecule has 0 unspecified atom stereocenters. The summed E-state index contributed by atoms with van der Waals surface area (Å²) in [6, 6.07) is 3.89. The number of pyridine rings is 1. The van der Waals surface area contributed by atoms with Gasteiger partial charge in [-0.3, -0.25) is 4.99 Å². The van der Waals surface area contributed by atoms with Crippen LogP contribution in [0.5, 0.6) is 5.88 Å². The van der Waals surface area contributed by atoms with Crippen LogP contribution in [0, 0.1) is 0 Å². The highest BCUT2D eigenvalue weighted by Crippen LogP contribution is 2.09. The highest BCUT2D eigenvalue weighted by molar-refractivity contribution is 14.0. The number of nitrogens with zero attached hydrogens (tertiary/aromatic N) is 3. The Hall–Kier alpha value is -1.09. The smallest absolute Gasteiger partial charge is 0.213 e. The van der Waals surface area contributed by atoms with E-state index in [1.807, 2.05) is 33.3 Å². The largest absolute Gasteiger partial charge is 0.476 e. The van der Waals surface area contributed by atoms with Crippen molar-refractivity contribution in [2.45, 2.75) is 6.54 Å². The molecule has 114 valence electrons. The Morgan fingerprint density at radius 2 is 2.20 bits per heavy atom. The Morgan fingerprint density at radius 3 is 2.80 bits per heavy atom. The Labute approximate surface area is 138 Å². The zero-order valence-corrected chi connectivity index (χ0v) is 14.8. The van der Waals surface area contributed by atoms with E-state index in [1.165, 1.54) is 0 Å². The van der Waals surface area contributed by atoms with Crippen molar-refractivity contribution >= 4 is 29.9 Å². The lowest BCUT2D eigenvalue weighted by molar-refractivity contribution is 0.253. The van der Waals surface area contributed by atoms with Crippen LogP contribution in [0.1, 0.15) is 5.56 Å². The van der Waals surface area contributed by atoms with Gasteiger partial charge in [-0.1, -0.05) is 0 Å². The van der Waals surface area contributed by atoms with Gasteiger partial charge in [-0.05, 0) is 25.7 Å². The van der Waals surface area contributed by atoms with Crippen molar-refractivity contribution in [3.8, 4) is 5.88 Å². The summed E-state index contributed by atoms with van der Waals surface area (Å²) >= 11 is 0.